The Morgan fingerprint density at radius 1 is 1.41 bits per heavy atom. The van der Waals surface area contributed by atoms with E-state index in [-0.39, 0.29) is 0 Å². The Morgan fingerprint density at radius 2 is 2.18 bits per heavy atom. The maximum Gasteiger partial charge on any atom is 0.169 e. The lowest BCUT2D eigenvalue weighted by atomic mass is 10.1. The maximum atomic E-state index is 9.26. The zero-order chi connectivity index (χ0) is 12.4. The average molecular weight is 231 g/mol. The molecular formula is C12H17N5. The van der Waals surface area contributed by atoms with Gasteiger partial charge in [0.25, 0.3) is 0 Å². The van der Waals surface area contributed by atoms with Crippen LogP contribution in [0.1, 0.15) is 23.2 Å². The van der Waals surface area contributed by atoms with Gasteiger partial charge in [-0.05, 0) is 32.4 Å². The summed E-state index contributed by atoms with van der Waals surface area (Å²) in [4.78, 5) is 2.07. The largest absolute Gasteiger partial charge is 0.353 e. The molecule has 2 heterocycles. The Hall–Kier alpha value is -1.67. The van der Waals surface area contributed by atoms with E-state index in [1.54, 1.807) is 0 Å². The number of hydrogen-bond acceptors (Lipinski definition) is 5. The Bertz CT molecular complexity index is 457. The number of nitriles is 1. The average Bonchev–Trinajstić information content (AvgIpc) is 2.85. The summed E-state index contributed by atoms with van der Waals surface area (Å²) >= 11 is 0. The highest BCUT2D eigenvalue weighted by atomic mass is 15.3. The molecule has 17 heavy (non-hydrogen) atoms. The first-order valence-corrected chi connectivity index (χ1v) is 5.82. The van der Waals surface area contributed by atoms with Gasteiger partial charge in [-0.1, -0.05) is 0 Å². The van der Waals surface area contributed by atoms with Gasteiger partial charge in [0.2, 0.25) is 0 Å². The first-order chi connectivity index (χ1) is 8.15. The fourth-order valence-electron chi connectivity index (χ4n) is 2.12. The standard InChI is InChI=1S/C12H17N5/c1-8-9(2)15-16-12(11(8)6-13)17(3)10-4-5-14-7-10/h10,14H,4-5,7H2,1-3H3. The number of aromatic nitrogens is 2. The van der Waals surface area contributed by atoms with Gasteiger partial charge in [-0.25, -0.2) is 0 Å². The van der Waals surface area contributed by atoms with Crippen LogP contribution in [0, 0.1) is 25.2 Å². The van der Waals surface area contributed by atoms with Crippen LogP contribution in [0.15, 0.2) is 0 Å². The van der Waals surface area contributed by atoms with Crippen LogP contribution in [0.5, 0.6) is 0 Å². The Labute approximate surface area is 101 Å². The molecule has 1 aliphatic rings. The summed E-state index contributed by atoms with van der Waals surface area (Å²) in [6.07, 6.45) is 1.08. The van der Waals surface area contributed by atoms with E-state index in [0.717, 1.165) is 30.8 Å². The third-order valence-electron chi connectivity index (χ3n) is 3.46. The fourth-order valence-corrected chi connectivity index (χ4v) is 2.12. The number of hydrogen-bond donors (Lipinski definition) is 1. The van der Waals surface area contributed by atoms with Crippen LogP contribution >= 0.6 is 0 Å². The van der Waals surface area contributed by atoms with Gasteiger partial charge < -0.3 is 10.2 Å². The summed E-state index contributed by atoms with van der Waals surface area (Å²) in [5, 5.41) is 20.9. The normalized spacial score (nSPS) is 19.1. The topological polar surface area (TPSA) is 64.8 Å². The molecule has 0 bridgehead atoms. The van der Waals surface area contributed by atoms with Crippen molar-refractivity contribution in [3.63, 3.8) is 0 Å². The number of rotatable bonds is 2. The molecular weight excluding hydrogens is 214 g/mol. The van der Waals surface area contributed by atoms with Crippen molar-refractivity contribution >= 4 is 5.82 Å². The summed E-state index contributed by atoms with van der Waals surface area (Å²) in [5.41, 5.74) is 2.39. The van der Waals surface area contributed by atoms with Crippen LogP contribution in [0.3, 0.4) is 0 Å². The number of anilines is 1. The van der Waals surface area contributed by atoms with Crippen LogP contribution in [0.25, 0.3) is 0 Å². The van der Waals surface area contributed by atoms with Crippen molar-refractivity contribution in [2.75, 3.05) is 25.0 Å². The molecule has 0 aromatic carbocycles. The number of likely N-dealkylation sites (N-methyl/N-ethyl adjacent to an activating group) is 1. The van der Waals surface area contributed by atoms with Gasteiger partial charge in [0.05, 0.1) is 5.69 Å². The Balaban J connectivity index is 2.38. The van der Waals surface area contributed by atoms with E-state index in [2.05, 4.69) is 26.5 Å². The van der Waals surface area contributed by atoms with Crippen LogP contribution in [-0.2, 0) is 0 Å². The molecule has 1 unspecified atom stereocenters. The number of nitrogens with one attached hydrogen (secondary N) is 1. The predicted molar refractivity (Wildman–Crippen MR) is 65.9 cm³/mol. The van der Waals surface area contributed by atoms with Crippen molar-refractivity contribution in [2.45, 2.75) is 26.3 Å². The third kappa shape index (κ3) is 2.08. The highest BCUT2D eigenvalue weighted by Gasteiger charge is 2.23. The maximum absolute atomic E-state index is 9.26. The molecule has 0 amide bonds. The molecule has 90 valence electrons. The van der Waals surface area contributed by atoms with Crippen molar-refractivity contribution in [3.05, 3.63) is 16.8 Å². The molecule has 0 saturated carbocycles. The third-order valence-corrected chi connectivity index (χ3v) is 3.46. The lowest BCUT2D eigenvalue weighted by molar-refractivity contribution is 0.669. The SMILES string of the molecule is Cc1nnc(N(C)C2CCNC2)c(C#N)c1C. The van der Waals surface area contributed by atoms with Crippen molar-refractivity contribution in [3.8, 4) is 6.07 Å². The predicted octanol–water partition coefficient (Wildman–Crippen LogP) is 0.763. The first-order valence-electron chi connectivity index (χ1n) is 5.82. The molecule has 1 aliphatic heterocycles. The smallest absolute Gasteiger partial charge is 0.169 e. The molecule has 0 spiro atoms. The summed E-state index contributed by atoms with van der Waals surface area (Å²) in [7, 11) is 1.98. The van der Waals surface area contributed by atoms with Gasteiger partial charge in [0, 0.05) is 19.6 Å². The van der Waals surface area contributed by atoms with Gasteiger partial charge in [0.1, 0.15) is 11.6 Å². The lowest BCUT2D eigenvalue weighted by Crippen LogP contribution is -2.34. The van der Waals surface area contributed by atoms with Crippen LogP contribution in [0.4, 0.5) is 5.82 Å². The number of nitrogens with zero attached hydrogens (tertiary/aromatic N) is 4. The van der Waals surface area contributed by atoms with E-state index < -0.39 is 0 Å². The Morgan fingerprint density at radius 3 is 2.76 bits per heavy atom. The molecule has 1 atom stereocenters. The summed E-state index contributed by atoms with van der Waals surface area (Å²) in [6.45, 7) is 5.77. The second-order valence-corrected chi connectivity index (χ2v) is 4.48. The van der Waals surface area contributed by atoms with Crippen molar-refractivity contribution in [2.24, 2.45) is 0 Å². The fraction of sp³-hybridized carbons (Fsp3) is 0.583. The van der Waals surface area contributed by atoms with E-state index in [4.69, 9.17) is 0 Å². The molecule has 1 fully saturated rings. The summed E-state index contributed by atoms with van der Waals surface area (Å²) < 4.78 is 0. The zero-order valence-corrected chi connectivity index (χ0v) is 10.5. The zero-order valence-electron chi connectivity index (χ0n) is 10.5. The van der Waals surface area contributed by atoms with Crippen LogP contribution in [0.2, 0.25) is 0 Å². The minimum atomic E-state index is 0.401. The minimum absolute atomic E-state index is 0.401. The molecule has 2 rings (SSSR count). The van der Waals surface area contributed by atoms with E-state index in [0.29, 0.717) is 17.4 Å². The number of aryl methyl sites for hydroxylation is 1. The summed E-state index contributed by atoms with van der Waals surface area (Å²) in [5.74, 6) is 0.698. The minimum Gasteiger partial charge on any atom is -0.353 e. The van der Waals surface area contributed by atoms with Gasteiger partial charge in [-0.3, -0.25) is 0 Å². The molecule has 5 heteroatoms. The second kappa shape index (κ2) is 4.68. The molecule has 1 aromatic heterocycles. The summed E-state index contributed by atoms with van der Waals surface area (Å²) in [6, 6.07) is 2.65. The highest BCUT2D eigenvalue weighted by molar-refractivity contribution is 5.57. The van der Waals surface area contributed by atoms with Crippen molar-refractivity contribution < 1.29 is 0 Å². The molecule has 0 radical (unpaired) electrons. The highest BCUT2D eigenvalue weighted by Crippen LogP contribution is 2.23. The molecule has 5 nitrogen and oxygen atoms in total. The molecule has 0 aliphatic carbocycles. The van der Waals surface area contributed by atoms with Gasteiger partial charge >= 0.3 is 0 Å². The molecule has 1 N–H and O–H groups in total. The van der Waals surface area contributed by atoms with E-state index >= 15 is 0 Å². The molecule has 1 saturated heterocycles. The monoisotopic (exact) mass is 231 g/mol. The Kier molecular flexibility index (Phi) is 3.25. The van der Waals surface area contributed by atoms with E-state index in [1.165, 1.54) is 0 Å². The van der Waals surface area contributed by atoms with Gasteiger partial charge in [0.15, 0.2) is 5.82 Å². The second-order valence-electron chi connectivity index (χ2n) is 4.48. The first kappa shape index (κ1) is 11.8. The van der Waals surface area contributed by atoms with Crippen LogP contribution < -0.4 is 10.2 Å². The van der Waals surface area contributed by atoms with Crippen molar-refractivity contribution in [1.82, 2.24) is 15.5 Å². The van der Waals surface area contributed by atoms with E-state index in [1.807, 2.05) is 20.9 Å². The van der Waals surface area contributed by atoms with Crippen LogP contribution in [-0.4, -0.2) is 36.4 Å². The lowest BCUT2D eigenvalue weighted by Gasteiger charge is -2.25. The quantitative estimate of drug-likeness (QED) is 0.814. The van der Waals surface area contributed by atoms with Crippen molar-refractivity contribution in [1.29, 1.82) is 5.26 Å². The van der Waals surface area contributed by atoms with Gasteiger partial charge in [-0.2, -0.15) is 10.4 Å². The molecule has 1 aromatic rings. The van der Waals surface area contributed by atoms with E-state index in [9.17, 15) is 5.26 Å². The van der Waals surface area contributed by atoms with Gasteiger partial charge in [-0.15, -0.1) is 5.10 Å².